The lowest BCUT2D eigenvalue weighted by molar-refractivity contribution is 1.01. The maximum Gasteiger partial charge on any atom is 0.0490 e. The van der Waals surface area contributed by atoms with Crippen LogP contribution in [0.15, 0.2) is 23.9 Å². The van der Waals surface area contributed by atoms with Gasteiger partial charge in [-0.05, 0) is 6.07 Å². The Morgan fingerprint density at radius 3 is 3.11 bits per heavy atom. The number of nitrogens with one attached hydrogen (secondary N) is 1. The highest BCUT2D eigenvalue weighted by Gasteiger charge is 1.92. The van der Waals surface area contributed by atoms with E-state index in [9.17, 15) is 0 Å². The summed E-state index contributed by atoms with van der Waals surface area (Å²) in [4.78, 5) is 0. The van der Waals surface area contributed by atoms with Gasteiger partial charge in [0.15, 0.2) is 0 Å². The minimum Gasteiger partial charge on any atom is -0.282 e. The standard InChI is InChI=1S/C6H7ClN2/c1-5(7)4-6-2-3-8-9-6/h2-3H,1,4H2,(H,8,9). The molecule has 0 saturated heterocycles. The molecule has 1 rings (SSSR count). The van der Waals surface area contributed by atoms with Crippen molar-refractivity contribution in [3.05, 3.63) is 29.6 Å². The van der Waals surface area contributed by atoms with E-state index in [-0.39, 0.29) is 0 Å². The van der Waals surface area contributed by atoms with E-state index in [0.29, 0.717) is 11.5 Å². The predicted octanol–water partition coefficient (Wildman–Crippen LogP) is 1.70. The third-order valence-electron chi connectivity index (χ3n) is 0.941. The van der Waals surface area contributed by atoms with Crippen LogP contribution in [0.2, 0.25) is 0 Å². The lowest BCUT2D eigenvalue weighted by Crippen LogP contribution is -1.82. The molecule has 0 bridgehead atoms. The van der Waals surface area contributed by atoms with E-state index in [1.54, 1.807) is 6.20 Å². The Morgan fingerprint density at radius 2 is 2.67 bits per heavy atom. The van der Waals surface area contributed by atoms with Gasteiger partial charge in [0.05, 0.1) is 0 Å². The van der Waals surface area contributed by atoms with Crippen molar-refractivity contribution < 1.29 is 0 Å². The van der Waals surface area contributed by atoms with Gasteiger partial charge in [-0.2, -0.15) is 5.10 Å². The molecule has 1 N–H and O–H groups in total. The third kappa shape index (κ3) is 1.90. The molecule has 0 saturated carbocycles. The van der Waals surface area contributed by atoms with Crippen LogP contribution in [0.4, 0.5) is 0 Å². The number of hydrogen-bond acceptors (Lipinski definition) is 1. The first kappa shape index (κ1) is 6.36. The Kier molecular flexibility index (Phi) is 1.90. The average Bonchev–Trinajstić information content (AvgIpc) is 2.15. The highest BCUT2D eigenvalue weighted by molar-refractivity contribution is 6.29. The molecule has 0 radical (unpaired) electrons. The first-order valence-electron chi connectivity index (χ1n) is 2.60. The minimum absolute atomic E-state index is 0.624. The van der Waals surface area contributed by atoms with Crippen LogP contribution < -0.4 is 0 Å². The van der Waals surface area contributed by atoms with E-state index < -0.39 is 0 Å². The van der Waals surface area contributed by atoms with E-state index in [1.165, 1.54) is 0 Å². The Labute approximate surface area is 58.5 Å². The zero-order chi connectivity index (χ0) is 6.69. The second-order valence-corrected chi connectivity index (χ2v) is 2.31. The van der Waals surface area contributed by atoms with Crippen LogP contribution in [-0.4, -0.2) is 10.2 Å². The summed E-state index contributed by atoms with van der Waals surface area (Å²) < 4.78 is 0. The van der Waals surface area contributed by atoms with E-state index in [0.717, 1.165) is 5.69 Å². The summed E-state index contributed by atoms with van der Waals surface area (Å²) in [6, 6.07) is 1.87. The molecule has 0 spiro atoms. The molecule has 1 aromatic rings. The van der Waals surface area contributed by atoms with E-state index in [4.69, 9.17) is 11.6 Å². The zero-order valence-corrected chi connectivity index (χ0v) is 5.65. The number of aromatic amines is 1. The van der Waals surface area contributed by atoms with Gasteiger partial charge in [-0.25, -0.2) is 0 Å². The van der Waals surface area contributed by atoms with Gasteiger partial charge in [-0.1, -0.05) is 18.2 Å². The lowest BCUT2D eigenvalue weighted by atomic mass is 10.3. The molecule has 1 aromatic heterocycles. The summed E-state index contributed by atoms with van der Waals surface area (Å²) in [5, 5.41) is 7.15. The highest BCUT2D eigenvalue weighted by Crippen LogP contribution is 2.04. The second-order valence-electron chi connectivity index (χ2n) is 1.78. The minimum atomic E-state index is 0.624. The van der Waals surface area contributed by atoms with E-state index in [1.807, 2.05) is 6.07 Å². The van der Waals surface area contributed by atoms with Gasteiger partial charge in [-0.3, -0.25) is 5.10 Å². The van der Waals surface area contributed by atoms with Crippen LogP contribution in [0.25, 0.3) is 0 Å². The first-order chi connectivity index (χ1) is 4.29. The van der Waals surface area contributed by atoms with Gasteiger partial charge in [0.25, 0.3) is 0 Å². The number of allylic oxidation sites excluding steroid dienone is 1. The van der Waals surface area contributed by atoms with Gasteiger partial charge in [0.2, 0.25) is 0 Å². The van der Waals surface area contributed by atoms with Gasteiger partial charge in [-0.15, -0.1) is 0 Å². The van der Waals surface area contributed by atoms with Crippen molar-refractivity contribution in [2.75, 3.05) is 0 Å². The Bertz CT molecular complexity index is 191. The van der Waals surface area contributed by atoms with Crippen molar-refractivity contribution in [3.8, 4) is 0 Å². The average molecular weight is 143 g/mol. The molecule has 0 aliphatic carbocycles. The quantitative estimate of drug-likeness (QED) is 0.669. The molecule has 0 aliphatic heterocycles. The third-order valence-corrected chi connectivity index (χ3v) is 1.07. The van der Waals surface area contributed by atoms with Crippen molar-refractivity contribution in [1.29, 1.82) is 0 Å². The molecular formula is C6H7ClN2. The van der Waals surface area contributed by atoms with Gasteiger partial charge < -0.3 is 0 Å². The van der Waals surface area contributed by atoms with Crippen LogP contribution in [0.5, 0.6) is 0 Å². The van der Waals surface area contributed by atoms with Crippen LogP contribution in [0.1, 0.15) is 5.69 Å². The molecule has 0 atom stereocenters. The summed E-state index contributed by atoms with van der Waals surface area (Å²) in [6.07, 6.45) is 2.36. The van der Waals surface area contributed by atoms with Crippen molar-refractivity contribution in [2.24, 2.45) is 0 Å². The molecule has 48 valence electrons. The molecule has 0 aliphatic rings. The van der Waals surface area contributed by atoms with Gasteiger partial charge >= 0.3 is 0 Å². The van der Waals surface area contributed by atoms with E-state index in [2.05, 4.69) is 16.8 Å². The first-order valence-corrected chi connectivity index (χ1v) is 2.98. The van der Waals surface area contributed by atoms with Crippen molar-refractivity contribution >= 4 is 11.6 Å². The number of nitrogens with zero attached hydrogens (tertiary/aromatic N) is 1. The van der Waals surface area contributed by atoms with Gasteiger partial charge in [0.1, 0.15) is 0 Å². The highest BCUT2D eigenvalue weighted by atomic mass is 35.5. The molecule has 2 nitrogen and oxygen atoms in total. The smallest absolute Gasteiger partial charge is 0.0490 e. The lowest BCUT2D eigenvalue weighted by Gasteiger charge is -1.89. The topological polar surface area (TPSA) is 28.7 Å². The summed E-state index contributed by atoms with van der Waals surface area (Å²) in [7, 11) is 0. The van der Waals surface area contributed by atoms with Crippen LogP contribution in [0.3, 0.4) is 0 Å². The summed E-state index contributed by atoms with van der Waals surface area (Å²) >= 11 is 5.53. The molecule has 3 heteroatoms. The van der Waals surface area contributed by atoms with Crippen LogP contribution in [-0.2, 0) is 6.42 Å². The summed E-state index contributed by atoms with van der Waals surface area (Å²) in [5.74, 6) is 0. The number of H-pyrrole nitrogens is 1. The Balaban J connectivity index is 2.58. The normalized spacial score (nSPS) is 9.44. The van der Waals surface area contributed by atoms with Crippen LogP contribution in [0, 0.1) is 0 Å². The predicted molar refractivity (Wildman–Crippen MR) is 37.3 cm³/mol. The Morgan fingerprint density at radius 1 is 1.89 bits per heavy atom. The number of rotatable bonds is 2. The monoisotopic (exact) mass is 142 g/mol. The second kappa shape index (κ2) is 2.69. The summed E-state index contributed by atoms with van der Waals surface area (Å²) in [6.45, 7) is 3.55. The van der Waals surface area contributed by atoms with Crippen molar-refractivity contribution in [1.82, 2.24) is 10.2 Å². The fourth-order valence-corrected chi connectivity index (χ4v) is 0.734. The number of halogens is 1. The zero-order valence-electron chi connectivity index (χ0n) is 4.89. The molecule has 1 heterocycles. The largest absolute Gasteiger partial charge is 0.282 e. The van der Waals surface area contributed by atoms with Crippen molar-refractivity contribution in [2.45, 2.75) is 6.42 Å². The molecule has 0 amide bonds. The number of aromatic nitrogens is 2. The van der Waals surface area contributed by atoms with E-state index >= 15 is 0 Å². The number of hydrogen-bond donors (Lipinski definition) is 1. The Hall–Kier alpha value is -0.760. The molecular weight excluding hydrogens is 136 g/mol. The fourth-order valence-electron chi connectivity index (χ4n) is 0.590. The van der Waals surface area contributed by atoms with Crippen LogP contribution >= 0.6 is 11.6 Å². The SMILES string of the molecule is C=C(Cl)Cc1ccn[nH]1. The molecule has 0 unspecified atom stereocenters. The fraction of sp³-hybridized carbons (Fsp3) is 0.167. The van der Waals surface area contributed by atoms with Gasteiger partial charge in [0, 0.05) is 23.3 Å². The molecule has 9 heavy (non-hydrogen) atoms. The molecule has 0 fully saturated rings. The van der Waals surface area contributed by atoms with Crippen molar-refractivity contribution in [3.63, 3.8) is 0 Å². The maximum absolute atomic E-state index is 5.53. The summed E-state index contributed by atoms with van der Waals surface area (Å²) in [5.41, 5.74) is 0.995. The maximum atomic E-state index is 5.53. The molecule has 0 aromatic carbocycles.